The Kier molecular flexibility index (Phi) is 42.0. The van der Waals surface area contributed by atoms with Crippen LogP contribution in [0.15, 0.2) is 218 Å². The van der Waals surface area contributed by atoms with E-state index in [0.29, 0.717) is 0 Å². The molecule has 0 aliphatic carbocycles. The Balaban J connectivity index is 0.0000274. The Hall–Kier alpha value is -13.5. The standard InChI is InChI=1S/C81H83N9O49S10.Na/c91-73(83-66(39-48-5-23-57(24-6-48)133-143(110,111)112)75(93)85-68(41-50-9-27-59(28-10-50)135-145(116,117)118)77(95)87-70(43-52-13-31-61(32-14-52)137-147(122,123)124)79(97)89-72(81(99)100)45-54-17-35-63(36-18-54)139-149(128,129)130)64(37-46-1-19-55(20-2-46)131-141(104,105)106)82-74(92)65(38-47-3-21-56(22-4-47)132-142(107,108)109)84-76(94)67(40-49-7-25-58(26-8-49)134-144(113,114)115)86-78(96)69(42-51-11-29-60(30-12-51)136-146(119,120)121)88-80(98)71(90-140(101,102)103)44-53-15-33-62(34-16-53)138-148(125,126)127;/h1-36,64-72,90H,37-45H2,(H,82,92)(H,83,91)(H,84,94)(H,85,93)(H,86,96)(H,87,95)(H,88,98)(H,89,97)(H,99,100)(H,101,102,103)(H,104,105,106)(H,107,108,109)(H,110,111,112)(H,113,114,115)(H,116,117,118)(H,119,120,121)(H,122,123,124)(H,125,126,127)(H,128,129,130);/q;+1/t64-,65-,66-,67-,68-,69-,70-,71-,72-;/m0./s1. The quantitative estimate of drug-likeness (QED) is 0.0126. The van der Waals surface area contributed by atoms with Crippen LogP contribution in [0.25, 0.3) is 0 Å². The van der Waals surface area contributed by atoms with E-state index in [1.54, 1.807) is 4.72 Å². The molecule has 0 radical (unpaired) electrons. The minimum absolute atomic E-state index is 0. The van der Waals surface area contributed by atoms with Crippen molar-refractivity contribution in [2.75, 3.05) is 0 Å². The molecule has 150 heavy (non-hydrogen) atoms. The molecule has 58 nitrogen and oxygen atoms in total. The van der Waals surface area contributed by atoms with Crippen molar-refractivity contribution in [2.24, 2.45) is 0 Å². The summed E-state index contributed by atoms with van der Waals surface area (Å²) in [5, 5.41) is 29.2. The molecule has 20 N–H and O–H groups in total. The molecule has 0 spiro atoms. The van der Waals surface area contributed by atoms with Crippen LogP contribution in [0, 0.1) is 0 Å². The average molecular weight is 2310 g/mol. The van der Waals surface area contributed by atoms with Gasteiger partial charge in [0.25, 0.3) is 0 Å². The van der Waals surface area contributed by atoms with Crippen molar-refractivity contribution in [2.45, 2.75) is 112 Å². The Morgan fingerprint density at radius 3 is 0.387 bits per heavy atom. The van der Waals surface area contributed by atoms with Crippen molar-refractivity contribution in [3.05, 3.63) is 268 Å². The van der Waals surface area contributed by atoms with E-state index in [2.05, 4.69) is 80.2 Å². The third-order valence-electron chi connectivity index (χ3n) is 19.7. The number of rotatable bonds is 55. The fraction of sp³-hybridized carbons (Fsp3) is 0.222. The van der Waals surface area contributed by atoms with Crippen molar-refractivity contribution in [1.29, 1.82) is 0 Å². The van der Waals surface area contributed by atoms with Gasteiger partial charge in [-0.3, -0.25) is 83.9 Å². The van der Waals surface area contributed by atoms with Gasteiger partial charge in [0, 0.05) is 51.4 Å². The van der Waals surface area contributed by atoms with Gasteiger partial charge >= 0.3 is 139 Å². The summed E-state index contributed by atoms with van der Waals surface area (Å²) in [5.41, 5.74) is -0.930. The van der Waals surface area contributed by atoms with Crippen LogP contribution in [0.2, 0.25) is 0 Å². The van der Waals surface area contributed by atoms with Crippen molar-refractivity contribution >= 4 is 157 Å². The maximum absolute atomic E-state index is 15.9. The van der Waals surface area contributed by atoms with Gasteiger partial charge in [0.2, 0.25) is 47.3 Å². The van der Waals surface area contributed by atoms with E-state index in [4.69, 9.17) is 0 Å². The number of benzene rings is 9. The molecule has 0 aromatic heterocycles. The van der Waals surface area contributed by atoms with E-state index in [0.717, 1.165) is 218 Å². The number of nitrogens with one attached hydrogen (secondary N) is 9. The van der Waals surface area contributed by atoms with Crippen LogP contribution in [-0.2, 0) is 205 Å². The van der Waals surface area contributed by atoms with Gasteiger partial charge in [-0.25, -0.2) is 4.79 Å². The van der Waals surface area contributed by atoms with Crippen LogP contribution in [0.1, 0.15) is 50.1 Å². The summed E-state index contributed by atoms with van der Waals surface area (Å²) in [5.74, 6) is -19.0. The number of carbonyl (C=O) groups excluding carboxylic acids is 8. The summed E-state index contributed by atoms with van der Waals surface area (Å²) in [7, 11) is -52.6. The Labute approximate surface area is 875 Å². The fourth-order valence-electron chi connectivity index (χ4n) is 13.6. The van der Waals surface area contributed by atoms with Gasteiger partial charge in [-0.2, -0.15) is 88.9 Å². The number of carboxylic acids is 1. The number of hydrogen-bond donors (Lipinski definition) is 20. The molecule has 0 aliphatic rings. The SMILES string of the molecule is O=C(O)[C@H](Cc1ccc(OS(=O)(=O)O)cc1)NC(=O)[C@H](Cc1ccc(OS(=O)(=O)O)cc1)NC(=O)[C@H](Cc1ccc(OS(=O)(=O)O)cc1)NC(=O)[C@H](Cc1ccc(OS(=O)(=O)O)cc1)NC(=O)[C@H](Cc1ccc(OS(=O)(=O)O)cc1)NC(=O)[C@H](Cc1ccc(OS(=O)(=O)O)cc1)NC(=O)[C@H](Cc1ccc(OS(=O)(=O)O)cc1)NC(=O)[C@H](Cc1ccc(OS(=O)(=O)O)cc1)NC(=O)[C@H](Cc1ccc(OS(=O)(=O)O)cc1)NS(=O)(=O)O.[Na+]. The molecule has 0 saturated heterocycles. The van der Waals surface area contributed by atoms with Crippen LogP contribution in [0.5, 0.6) is 51.7 Å². The molecule has 0 saturated carbocycles. The van der Waals surface area contributed by atoms with E-state index in [1.165, 1.54) is 0 Å². The molecular weight excluding hydrogens is 2230 g/mol. The molecule has 9 atom stereocenters. The summed E-state index contributed by atoms with van der Waals surface area (Å²) >= 11 is 0. The zero-order valence-corrected chi connectivity index (χ0v) is 86.0. The predicted molar refractivity (Wildman–Crippen MR) is 502 cm³/mol. The topological polar surface area (TPSA) is 909 Å². The molecule has 69 heteroatoms. The summed E-state index contributed by atoms with van der Waals surface area (Å²) < 4.78 is 374. The molecule has 9 aromatic carbocycles. The second-order valence-corrected chi connectivity index (χ2v) is 41.6. The van der Waals surface area contributed by atoms with E-state index < -0.39 is 321 Å². The maximum atomic E-state index is 15.9. The molecule has 806 valence electrons. The van der Waals surface area contributed by atoms with Gasteiger partial charge < -0.3 is 85.3 Å². The summed E-state index contributed by atoms with van der Waals surface area (Å²) in [6.07, 6.45) is -7.51. The van der Waals surface area contributed by atoms with Crippen LogP contribution in [-0.4, -0.2) is 242 Å². The largest absolute Gasteiger partial charge is 1.00 e. The van der Waals surface area contributed by atoms with E-state index in [1.807, 2.05) is 0 Å². The smallest absolute Gasteiger partial charge is 0.480 e. The van der Waals surface area contributed by atoms with Crippen LogP contribution >= 0.6 is 0 Å². The number of amides is 8. The summed E-state index contributed by atoms with van der Waals surface area (Å²) in [6.45, 7) is 0. The van der Waals surface area contributed by atoms with Crippen molar-refractivity contribution in [3.63, 3.8) is 0 Å². The molecule has 0 heterocycles. The second-order valence-electron chi connectivity index (χ2n) is 31.2. The van der Waals surface area contributed by atoms with E-state index in [9.17, 15) is 149 Å². The molecule has 0 fully saturated rings. The van der Waals surface area contributed by atoms with Gasteiger partial charge in [0.15, 0.2) is 0 Å². The first-order valence-corrected chi connectivity index (χ1v) is 54.9. The molecule has 0 aliphatic heterocycles. The average Bonchev–Trinajstić information content (AvgIpc) is 0.705. The van der Waals surface area contributed by atoms with Gasteiger partial charge in [-0.05, 0) is 166 Å². The molecule has 9 aromatic rings. The third kappa shape index (κ3) is 45.1. The molecular formula is C81H83N9NaO49S10+. The number of carbonyl (C=O) groups is 9. The molecule has 9 rings (SSSR count). The van der Waals surface area contributed by atoms with Gasteiger partial charge in [-0.15, -0.1) is 0 Å². The molecule has 0 bridgehead atoms. The molecule has 8 amide bonds. The minimum Gasteiger partial charge on any atom is -0.480 e. The van der Waals surface area contributed by atoms with Gasteiger partial charge in [0.1, 0.15) is 106 Å². The minimum atomic E-state index is -5.48. The first-order chi connectivity index (χ1) is 69.0. The van der Waals surface area contributed by atoms with Crippen LogP contribution in [0.3, 0.4) is 0 Å². The Morgan fingerprint density at radius 2 is 0.280 bits per heavy atom. The summed E-state index contributed by atoms with van der Waals surface area (Å²) in [6, 6.07) is 15.2. The second kappa shape index (κ2) is 51.8. The summed E-state index contributed by atoms with van der Waals surface area (Å²) in [4.78, 5) is 137. The third-order valence-corrected chi connectivity index (χ3v) is 23.9. The van der Waals surface area contributed by atoms with Gasteiger partial charge in [-0.1, -0.05) is 109 Å². The number of aliphatic carboxylic acids is 1. The monoisotopic (exact) mass is 2310 g/mol. The predicted octanol–water partition coefficient (Wildman–Crippen LogP) is -4.47. The Morgan fingerprint density at radius 1 is 0.180 bits per heavy atom. The number of carboxylic acid groups (broad SMARTS) is 1. The Bertz CT molecular complexity index is 7640. The fourth-order valence-corrected chi connectivity index (χ4v) is 17.3. The van der Waals surface area contributed by atoms with Crippen molar-refractivity contribution in [1.82, 2.24) is 47.3 Å². The normalized spacial score (nSPS) is 13.9. The van der Waals surface area contributed by atoms with Gasteiger partial charge in [0.05, 0.1) is 0 Å². The zero-order chi connectivity index (χ0) is 110. The van der Waals surface area contributed by atoms with Crippen LogP contribution < -0.4 is 114 Å². The maximum Gasteiger partial charge on any atom is 1.00 e. The van der Waals surface area contributed by atoms with Crippen LogP contribution in [0.4, 0.5) is 0 Å². The van der Waals surface area contributed by atoms with E-state index >= 15 is 28.8 Å². The van der Waals surface area contributed by atoms with Crippen molar-refractivity contribution in [3.8, 4) is 51.7 Å². The van der Waals surface area contributed by atoms with E-state index in [-0.39, 0.29) is 79.6 Å². The number of hydrogen-bond acceptors (Lipinski definition) is 38. The first-order valence-electron chi connectivity index (χ1n) is 41.2. The zero-order valence-electron chi connectivity index (χ0n) is 75.9. The first kappa shape index (κ1) is 122. The van der Waals surface area contributed by atoms with Crippen molar-refractivity contribution < 1.29 is 245 Å². The molecule has 0 unspecified atom stereocenters.